The minimum absolute atomic E-state index is 0.0137. The van der Waals surface area contributed by atoms with Gasteiger partial charge in [0.25, 0.3) is 0 Å². The van der Waals surface area contributed by atoms with Crippen LogP contribution in [-0.4, -0.2) is 21.4 Å². The van der Waals surface area contributed by atoms with E-state index in [1.165, 1.54) is 34.4 Å². The zero-order valence-electron chi connectivity index (χ0n) is 31.2. The molecule has 7 heteroatoms. The number of benzene rings is 6. The second-order valence-corrected chi connectivity index (χ2v) is 14.9. The largest absolute Gasteiger partial charge is 0.300 e. The van der Waals surface area contributed by atoms with Crippen LogP contribution < -0.4 is 10.0 Å². The normalized spacial score (nSPS) is 15.7. The molecule has 2 unspecified atom stereocenters. The number of pyridine rings is 2. The van der Waals surface area contributed by atoms with E-state index in [1.807, 2.05) is 66.7 Å². The van der Waals surface area contributed by atoms with E-state index < -0.39 is 0 Å². The minimum atomic E-state index is -0.327. The topological polar surface area (TPSA) is 80.0 Å². The molecule has 0 bridgehead atoms. The average molecular weight is 743 g/mol. The minimum Gasteiger partial charge on any atom is -0.300 e. The lowest BCUT2D eigenvalue weighted by Gasteiger charge is -2.44. The average Bonchev–Trinajstić information content (AvgIpc) is 3.89. The first-order chi connectivity index (χ1) is 28.0. The molecule has 2 aliphatic carbocycles. The highest BCUT2D eigenvalue weighted by atomic mass is 19.1. The summed E-state index contributed by atoms with van der Waals surface area (Å²) >= 11 is 0. The number of aryl methyl sites for hydroxylation is 2. The lowest BCUT2D eigenvalue weighted by molar-refractivity contribution is 0.508. The van der Waals surface area contributed by atoms with Crippen LogP contribution in [0.3, 0.4) is 0 Å². The van der Waals surface area contributed by atoms with Gasteiger partial charge in [0.05, 0.1) is 34.5 Å². The summed E-state index contributed by atoms with van der Waals surface area (Å²) < 4.78 is 13.8. The molecule has 0 saturated carbocycles. The molecule has 2 heterocycles. The summed E-state index contributed by atoms with van der Waals surface area (Å²) in [7, 11) is 0. The van der Waals surface area contributed by atoms with Gasteiger partial charge in [-0.05, 0) is 109 Å². The maximum absolute atomic E-state index is 13.8. The fourth-order valence-electron chi connectivity index (χ4n) is 8.93. The summed E-state index contributed by atoms with van der Waals surface area (Å²) in [5, 5.41) is 24.8. The second-order valence-electron chi connectivity index (χ2n) is 14.9. The predicted molar refractivity (Wildman–Crippen MR) is 228 cm³/mol. The Balaban J connectivity index is 1.16. The molecule has 6 nitrogen and oxygen atoms in total. The molecular weight excluding hydrogens is 704 g/mol. The van der Waals surface area contributed by atoms with Gasteiger partial charge in [-0.25, -0.2) is 14.4 Å². The van der Waals surface area contributed by atoms with Gasteiger partial charge in [-0.15, -0.1) is 0 Å². The van der Waals surface area contributed by atoms with E-state index in [2.05, 4.69) is 82.8 Å². The quantitative estimate of drug-likeness (QED) is 0.114. The zero-order chi connectivity index (χ0) is 38.5. The third kappa shape index (κ3) is 6.12. The smallest absolute Gasteiger partial charge is 0.148 e. The molecule has 6 aromatic carbocycles. The van der Waals surface area contributed by atoms with E-state index in [1.54, 1.807) is 12.1 Å². The molecule has 57 heavy (non-hydrogen) atoms. The van der Waals surface area contributed by atoms with Crippen LogP contribution in [0, 0.1) is 16.6 Å². The number of anilines is 2. The van der Waals surface area contributed by atoms with E-state index in [4.69, 9.17) is 20.8 Å². The van der Waals surface area contributed by atoms with E-state index in [9.17, 15) is 4.39 Å². The zero-order valence-corrected chi connectivity index (χ0v) is 31.2. The van der Waals surface area contributed by atoms with E-state index in [0.29, 0.717) is 17.0 Å². The molecule has 0 spiro atoms. The van der Waals surface area contributed by atoms with Crippen molar-refractivity contribution in [1.82, 2.24) is 9.97 Å². The summed E-state index contributed by atoms with van der Waals surface area (Å²) in [5.74, 6) is 1.28. The van der Waals surface area contributed by atoms with Crippen LogP contribution in [0.2, 0.25) is 0 Å². The van der Waals surface area contributed by atoms with E-state index in [0.717, 1.165) is 75.8 Å². The fourth-order valence-corrected chi connectivity index (χ4v) is 8.93. The molecule has 2 aliphatic rings. The molecule has 10 rings (SSSR count). The first-order valence-electron chi connectivity index (χ1n) is 19.5. The van der Waals surface area contributed by atoms with Gasteiger partial charge in [0, 0.05) is 33.0 Å². The third-order valence-electron chi connectivity index (χ3n) is 11.7. The molecule has 276 valence electrons. The number of rotatable bonds is 9. The van der Waals surface area contributed by atoms with Gasteiger partial charge in [-0.1, -0.05) is 103 Å². The molecular formula is C50H39FN6. The molecule has 0 amide bonds. The number of hydrogen-bond donors (Lipinski definition) is 2. The monoisotopic (exact) mass is 742 g/mol. The third-order valence-corrected chi connectivity index (χ3v) is 11.7. The van der Waals surface area contributed by atoms with Gasteiger partial charge in [-0.2, -0.15) is 0 Å². The summed E-state index contributed by atoms with van der Waals surface area (Å²) in [5.41, 5.74) is 10.7. The van der Waals surface area contributed by atoms with Gasteiger partial charge in [0.15, 0.2) is 0 Å². The second kappa shape index (κ2) is 14.3. The maximum atomic E-state index is 13.8. The van der Waals surface area contributed by atoms with Gasteiger partial charge in [0.1, 0.15) is 17.5 Å². The number of nitrogens with zero attached hydrogens (tertiary/aromatic N) is 4. The van der Waals surface area contributed by atoms with Crippen LogP contribution in [0.5, 0.6) is 0 Å². The SMILES string of the molecule is N=C(c1ccccc1)c1cccc2nc(N(C3CCc4ccccc43)N(c3ccc4c(C(=N)c5ccc(F)cc5)cccc4n3)C3CCc4ccccc43)ccc12. The van der Waals surface area contributed by atoms with Crippen molar-refractivity contribution in [3.8, 4) is 0 Å². The van der Waals surface area contributed by atoms with Crippen molar-refractivity contribution in [1.29, 1.82) is 10.8 Å². The first-order valence-corrected chi connectivity index (χ1v) is 19.5. The van der Waals surface area contributed by atoms with Crippen molar-refractivity contribution in [2.24, 2.45) is 0 Å². The molecule has 8 aromatic rings. The van der Waals surface area contributed by atoms with Crippen molar-refractivity contribution >= 4 is 44.9 Å². The Morgan fingerprint density at radius 3 is 1.44 bits per heavy atom. The number of halogens is 1. The Kier molecular flexibility index (Phi) is 8.63. The van der Waals surface area contributed by atoms with Crippen LogP contribution in [-0.2, 0) is 12.8 Å². The van der Waals surface area contributed by atoms with Crippen LogP contribution in [0.15, 0.2) is 164 Å². The number of aromatic nitrogens is 2. The Morgan fingerprint density at radius 2 is 0.930 bits per heavy atom. The van der Waals surface area contributed by atoms with Gasteiger partial charge >= 0.3 is 0 Å². The Hall–Kier alpha value is -6.99. The Bertz CT molecular complexity index is 2830. The highest BCUT2D eigenvalue weighted by molar-refractivity contribution is 6.18. The number of hydrogen-bond acceptors (Lipinski definition) is 6. The van der Waals surface area contributed by atoms with Crippen molar-refractivity contribution in [3.63, 3.8) is 0 Å². The lowest BCUT2D eigenvalue weighted by atomic mass is 9.98. The molecule has 0 radical (unpaired) electrons. The number of nitrogens with one attached hydrogen (secondary N) is 2. The first kappa shape index (κ1) is 34.5. The van der Waals surface area contributed by atoms with Crippen LogP contribution >= 0.6 is 0 Å². The van der Waals surface area contributed by atoms with Crippen LogP contribution in [0.25, 0.3) is 21.8 Å². The maximum Gasteiger partial charge on any atom is 0.148 e. The van der Waals surface area contributed by atoms with E-state index >= 15 is 0 Å². The molecule has 2 aromatic heterocycles. The number of fused-ring (bicyclic) bond motifs is 4. The van der Waals surface area contributed by atoms with Gasteiger partial charge in [-0.3, -0.25) is 20.8 Å². The highest BCUT2D eigenvalue weighted by Gasteiger charge is 2.39. The molecule has 0 aliphatic heterocycles. The summed E-state index contributed by atoms with van der Waals surface area (Å²) in [4.78, 5) is 10.9. The molecule has 0 fully saturated rings. The highest BCUT2D eigenvalue weighted by Crippen LogP contribution is 2.46. The number of hydrazine groups is 1. The Labute approximate surface area is 330 Å². The summed E-state index contributed by atoms with van der Waals surface area (Å²) in [6.45, 7) is 0. The van der Waals surface area contributed by atoms with Crippen molar-refractivity contribution in [2.45, 2.75) is 37.8 Å². The van der Waals surface area contributed by atoms with Crippen molar-refractivity contribution in [3.05, 3.63) is 214 Å². The van der Waals surface area contributed by atoms with Gasteiger partial charge in [0.2, 0.25) is 0 Å². The predicted octanol–water partition coefficient (Wildman–Crippen LogP) is 11.4. The Morgan fingerprint density at radius 1 is 0.474 bits per heavy atom. The molecule has 0 saturated heterocycles. The summed E-state index contributed by atoms with van der Waals surface area (Å²) in [6.07, 6.45) is 3.73. The standard InChI is InChI=1S/C50H39FN6/c51-36-24-20-35(21-25-36)50(53)42-17-9-19-44-40(42)27-31-48(55-44)57(46-29-23-33-11-5-7-15-38(33)46)56(45-28-22-32-10-4-6-14-37(32)45)47-30-26-39-41(16-8-18-43(39)54-47)49(52)34-12-2-1-3-13-34/h1-21,24-27,30-31,45-46,52-53H,22-23,28-29H2. The van der Waals surface area contributed by atoms with Crippen LogP contribution in [0.4, 0.5) is 16.0 Å². The lowest BCUT2D eigenvalue weighted by Crippen LogP contribution is -2.47. The van der Waals surface area contributed by atoms with Crippen molar-refractivity contribution in [2.75, 3.05) is 10.0 Å². The molecule has 2 atom stereocenters. The molecule has 2 N–H and O–H groups in total. The summed E-state index contributed by atoms with van der Waals surface area (Å²) in [6, 6.07) is 53.8. The fraction of sp³-hybridized carbons (Fsp3) is 0.120. The van der Waals surface area contributed by atoms with E-state index in [-0.39, 0.29) is 17.9 Å². The van der Waals surface area contributed by atoms with Crippen molar-refractivity contribution < 1.29 is 4.39 Å². The van der Waals surface area contributed by atoms with Gasteiger partial charge < -0.3 is 0 Å². The van der Waals surface area contributed by atoms with Crippen LogP contribution in [0.1, 0.15) is 69.4 Å².